The van der Waals surface area contributed by atoms with E-state index >= 15 is 0 Å². The summed E-state index contributed by atoms with van der Waals surface area (Å²) in [5, 5.41) is 8.81. The van der Waals surface area contributed by atoms with Gasteiger partial charge in [0, 0.05) is 6.42 Å². The maximum atomic E-state index is 12.4. The van der Waals surface area contributed by atoms with E-state index in [0.29, 0.717) is 11.1 Å². The SMILES string of the molecule is Cc1ccc(S(=O)(=O)Oc2c(C)cccc2CCC(=O)O)cc1. The average Bonchev–Trinajstić information content (AvgIpc) is 2.48. The molecule has 0 aliphatic rings. The Hall–Kier alpha value is -2.34. The summed E-state index contributed by atoms with van der Waals surface area (Å²) in [5.74, 6) is -0.742. The molecule has 0 radical (unpaired) electrons. The summed E-state index contributed by atoms with van der Waals surface area (Å²) in [4.78, 5) is 10.8. The second-order valence-electron chi connectivity index (χ2n) is 5.31. The number of para-hydroxylation sites is 1. The number of aliphatic carboxylic acids is 1. The Morgan fingerprint density at radius 2 is 1.74 bits per heavy atom. The van der Waals surface area contributed by atoms with Crippen molar-refractivity contribution in [2.45, 2.75) is 31.6 Å². The van der Waals surface area contributed by atoms with Gasteiger partial charge in [0.15, 0.2) is 0 Å². The maximum absolute atomic E-state index is 12.4. The lowest BCUT2D eigenvalue weighted by Gasteiger charge is -2.13. The Morgan fingerprint density at radius 1 is 1.09 bits per heavy atom. The summed E-state index contributed by atoms with van der Waals surface area (Å²) in [6.07, 6.45) is 0.111. The Kier molecular flexibility index (Phi) is 5.05. The van der Waals surface area contributed by atoms with E-state index in [1.165, 1.54) is 12.1 Å². The van der Waals surface area contributed by atoms with Crippen LogP contribution in [0, 0.1) is 13.8 Å². The van der Waals surface area contributed by atoms with Crippen molar-refractivity contribution >= 4 is 16.1 Å². The van der Waals surface area contributed by atoms with Crippen LogP contribution in [0.1, 0.15) is 23.1 Å². The van der Waals surface area contributed by atoms with E-state index in [2.05, 4.69) is 0 Å². The van der Waals surface area contributed by atoms with Crippen molar-refractivity contribution in [2.24, 2.45) is 0 Å². The van der Waals surface area contributed by atoms with Crippen LogP contribution >= 0.6 is 0 Å². The highest BCUT2D eigenvalue weighted by molar-refractivity contribution is 7.87. The zero-order valence-corrected chi connectivity index (χ0v) is 13.8. The molecule has 0 spiro atoms. The molecule has 0 aliphatic carbocycles. The molecule has 0 fully saturated rings. The van der Waals surface area contributed by atoms with Gasteiger partial charge in [-0.25, -0.2) is 0 Å². The first kappa shape index (κ1) is 17.0. The van der Waals surface area contributed by atoms with Crippen molar-refractivity contribution in [3.05, 3.63) is 59.2 Å². The van der Waals surface area contributed by atoms with Crippen molar-refractivity contribution in [1.82, 2.24) is 0 Å². The van der Waals surface area contributed by atoms with Gasteiger partial charge in [-0.3, -0.25) is 4.79 Å². The molecule has 0 saturated carbocycles. The van der Waals surface area contributed by atoms with Gasteiger partial charge in [0.2, 0.25) is 0 Å². The monoisotopic (exact) mass is 334 g/mol. The van der Waals surface area contributed by atoms with Crippen LogP contribution in [0.5, 0.6) is 5.75 Å². The first-order chi connectivity index (χ1) is 10.8. The number of carboxylic acid groups (broad SMARTS) is 1. The molecular weight excluding hydrogens is 316 g/mol. The topological polar surface area (TPSA) is 80.7 Å². The van der Waals surface area contributed by atoms with E-state index in [1.807, 2.05) is 6.92 Å². The van der Waals surface area contributed by atoms with Gasteiger partial charge < -0.3 is 9.29 Å². The number of aryl methyl sites for hydroxylation is 3. The van der Waals surface area contributed by atoms with Crippen molar-refractivity contribution in [3.63, 3.8) is 0 Å². The van der Waals surface area contributed by atoms with Gasteiger partial charge in [0.05, 0.1) is 0 Å². The standard InChI is InChI=1S/C17H18O5S/c1-12-6-9-15(10-7-12)23(20,21)22-17-13(2)4-3-5-14(17)8-11-16(18)19/h3-7,9-10H,8,11H2,1-2H3,(H,18,19). The van der Waals surface area contributed by atoms with Crippen molar-refractivity contribution < 1.29 is 22.5 Å². The first-order valence-corrected chi connectivity index (χ1v) is 8.52. The Labute approximate surface area is 135 Å². The quantitative estimate of drug-likeness (QED) is 0.821. The average molecular weight is 334 g/mol. The van der Waals surface area contributed by atoms with E-state index < -0.39 is 16.1 Å². The van der Waals surface area contributed by atoms with Gasteiger partial charge in [0.25, 0.3) is 0 Å². The van der Waals surface area contributed by atoms with Crippen molar-refractivity contribution in [3.8, 4) is 5.75 Å². The molecule has 2 aromatic rings. The van der Waals surface area contributed by atoms with E-state index in [4.69, 9.17) is 9.29 Å². The van der Waals surface area contributed by atoms with Gasteiger partial charge in [0.1, 0.15) is 10.6 Å². The Balaban J connectivity index is 2.34. The zero-order chi connectivity index (χ0) is 17.0. The number of carboxylic acids is 1. The maximum Gasteiger partial charge on any atom is 0.339 e. The zero-order valence-electron chi connectivity index (χ0n) is 12.9. The molecule has 0 unspecified atom stereocenters. The first-order valence-electron chi connectivity index (χ1n) is 7.11. The highest BCUT2D eigenvalue weighted by atomic mass is 32.2. The number of hydrogen-bond acceptors (Lipinski definition) is 4. The highest BCUT2D eigenvalue weighted by Crippen LogP contribution is 2.28. The van der Waals surface area contributed by atoms with Crippen LogP contribution < -0.4 is 4.18 Å². The van der Waals surface area contributed by atoms with Crippen LogP contribution in [0.15, 0.2) is 47.4 Å². The van der Waals surface area contributed by atoms with Gasteiger partial charge >= 0.3 is 16.1 Å². The molecular formula is C17H18O5S. The van der Waals surface area contributed by atoms with Crippen LogP contribution in [-0.4, -0.2) is 19.5 Å². The van der Waals surface area contributed by atoms with Gasteiger partial charge in [-0.05, 0) is 43.5 Å². The summed E-state index contributed by atoms with van der Waals surface area (Å²) in [7, 11) is -3.96. The van der Waals surface area contributed by atoms with Gasteiger partial charge in [-0.15, -0.1) is 0 Å². The molecule has 0 heterocycles. The molecule has 6 heteroatoms. The van der Waals surface area contributed by atoms with E-state index in [9.17, 15) is 13.2 Å². The number of carbonyl (C=O) groups is 1. The van der Waals surface area contributed by atoms with Crippen LogP contribution in [0.25, 0.3) is 0 Å². The summed E-state index contributed by atoms with van der Waals surface area (Å²) in [5.41, 5.74) is 2.15. The number of benzene rings is 2. The van der Waals surface area contributed by atoms with Gasteiger partial charge in [-0.2, -0.15) is 8.42 Å². The molecule has 0 bridgehead atoms. The minimum atomic E-state index is -3.96. The van der Waals surface area contributed by atoms with E-state index in [0.717, 1.165) is 5.56 Å². The largest absolute Gasteiger partial charge is 0.481 e. The second kappa shape index (κ2) is 6.83. The normalized spacial score (nSPS) is 11.2. The third-order valence-electron chi connectivity index (χ3n) is 3.40. The summed E-state index contributed by atoms with van der Waals surface area (Å²) >= 11 is 0. The van der Waals surface area contributed by atoms with Crippen LogP contribution in [0.4, 0.5) is 0 Å². The summed E-state index contributed by atoms with van der Waals surface area (Å²) < 4.78 is 30.1. The van der Waals surface area contributed by atoms with Crippen LogP contribution in [-0.2, 0) is 21.3 Å². The molecule has 0 saturated heterocycles. The molecule has 0 aromatic heterocycles. The predicted molar refractivity (Wildman–Crippen MR) is 86.1 cm³/mol. The highest BCUT2D eigenvalue weighted by Gasteiger charge is 2.20. The molecule has 0 amide bonds. The fraction of sp³-hybridized carbons (Fsp3) is 0.235. The molecule has 2 rings (SSSR count). The molecule has 0 aliphatic heterocycles. The number of rotatable bonds is 6. The van der Waals surface area contributed by atoms with Crippen LogP contribution in [0.2, 0.25) is 0 Å². The molecule has 122 valence electrons. The van der Waals surface area contributed by atoms with E-state index in [-0.39, 0.29) is 23.5 Å². The van der Waals surface area contributed by atoms with Crippen molar-refractivity contribution in [2.75, 3.05) is 0 Å². The third kappa shape index (κ3) is 4.32. The molecule has 5 nitrogen and oxygen atoms in total. The second-order valence-corrected chi connectivity index (χ2v) is 6.85. The molecule has 1 N–H and O–H groups in total. The fourth-order valence-electron chi connectivity index (χ4n) is 2.13. The van der Waals surface area contributed by atoms with Gasteiger partial charge in [-0.1, -0.05) is 35.9 Å². The van der Waals surface area contributed by atoms with Crippen LogP contribution in [0.3, 0.4) is 0 Å². The molecule has 0 atom stereocenters. The lowest BCUT2D eigenvalue weighted by molar-refractivity contribution is -0.136. The Bertz CT molecular complexity index is 807. The third-order valence-corrected chi connectivity index (χ3v) is 4.64. The van der Waals surface area contributed by atoms with E-state index in [1.54, 1.807) is 37.3 Å². The van der Waals surface area contributed by atoms with Crippen molar-refractivity contribution in [1.29, 1.82) is 0 Å². The predicted octanol–water partition coefficient (Wildman–Crippen LogP) is 3.09. The fourth-order valence-corrected chi connectivity index (χ4v) is 3.16. The smallest absolute Gasteiger partial charge is 0.339 e. The minimum absolute atomic E-state index is 0.0653. The minimum Gasteiger partial charge on any atom is -0.481 e. The molecule has 2 aromatic carbocycles. The lowest BCUT2D eigenvalue weighted by atomic mass is 10.1. The molecule has 23 heavy (non-hydrogen) atoms. The summed E-state index contributed by atoms with van der Waals surface area (Å²) in [6.45, 7) is 3.59. The number of hydrogen-bond donors (Lipinski definition) is 1. The lowest BCUT2D eigenvalue weighted by Crippen LogP contribution is -2.12. The summed E-state index contributed by atoms with van der Waals surface area (Å²) in [6, 6.07) is 11.5. The Morgan fingerprint density at radius 3 is 2.35 bits per heavy atom.